The Balaban J connectivity index is 3.12. The summed E-state index contributed by atoms with van der Waals surface area (Å²) in [6, 6.07) is 3.19. The molecule has 0 heterocycles. The van der Waals surface area contributed by atoms with Gasteiger partial charge in [-0.05, 0) is 18.2 Å². The molecule has 1 rings (SSSR count). The summed E-state index contributed by atoms with van der Waals surface area (Å²) >= 11 is 5.60. The molecule has 0 aliphatic heterocycles. The van der Waals surface area contributed by atoms with Crippen molar-refractivity contribution in [1.82, 2.24) is 0 Å². The van der Waals surface area contributed by atoms with Crippen molar-refractivity contribution >= 4 is 23.4 Å². The molecule has 0 amide bonds. The van der Waals surface area contributed by atoms with Gasteiger partial charge in [0, 0.05) is 0 Å². The van der Waals surface area contributed by atoms with Crippen molar-refractivity contribution in [2.45, 2.75) is 0 Å². The maximum absolute atomic E-state index is 12.7. The van der Waals surface area contributed by atoms with Gasteiger partial charge >= 0.3 is 5.97 Å². The third kappa shape index (κ3) is 2.09. The van der Waals surface area contributed by atoms with E-state index in [0.29, 0.717) is 0 Å². The van der Waals surface area contributed by atoms with Gasteiger partial charge < -0.3 is 4.74 Å². The number of esters is 1. The quantitative estimate of drug-likeness (QED) is 0.430. The molecule has 0 saturated heterocycles. The lowest BCUT2D eigenvalue weighted by atomic mass is 10.1. The summed E-state index contributed by atoms with van der Waals surface area (Å²) in [4.78, 5) is 22.0. The molecule has 14 heavy (non-hydrogen) atoms. The molecule has 0 bridgehead atoms. The number of ketones is 1. The molecule has 0 spiro atoms. The first kappa shape index (κ1) is 10.7. The number of carbonyl (C=O) groups is 2. The van der Waals surface area contributed by atoms with Crippen molar-refractivity contribution in [2.75, 3.05) is 7.11 Å². The van der Waals surface area contributed by atoms with Crippen LogP contribution in [0, 0.1) is 5.82 Å². The van der Waals surface area contributed by atoms with Crippen LogP contribution in [0.2, 0.25) is 5.02 Å². The summed E-state index contributed by atoms with van der Waals surface area (Å²) in [5.41, 5.74) is -0.196. The van der Waals surface area contributed by atoms with Gasteiger partial charge in [-0.3, -0.25) is 4.79 Å². The van der Waals surface area contributed by atoms with E-state index in [1.165, 1.54) is 6.07 Å². The molecule has 0 saturated carbocycles. The van der Waals surface area contributed by atoms with E-state index >= 15 is 0 Å². The molecular weight excluding hydrogens is 211 g/mol. The number of rotatable bonds is 2. The highest BCUT2D eigenvalue weighted by Crippen LogP contribution is 2.17. The topological polar surface area (TPSA) is 43.4 Å². The second kappa shape index (κ2) is 4.19. The van der Waals surface area contributed by atoms with Gasteiger partial charge in [0.15, 0.2) is 0 Å². The summed E-state index contributed by atoms with van der Waals surface area (Å²) in [5.74, 6) is -2.67. The van der Waals surface area contributed by atoms with Crippen LogP contribution in [0.15, 0.2) is 18.2 Å². The summed E-state index contributed by atoms with van der Waals surface area (Å²) in [7, 11) is 1.06. The molecule has 0 N–H and O–H groups in total. The molecule has 5 heteroatoms. The highest BCUT2D eigenvalue weighted by atomic mass is 35.5. The lowest BCUT2D eigenvalue weighted by Gasteiger charge is -2.01. The van der Waals surface area contributed by atoms with Crippen LogP contribution in [-0.2, 0) is 9.53 Å². The van der Waals surface area contributed by atoms with Gasteiger partial charge in [-0.15, -0.1) is 0 Å². The number of halogens is 2. The number of ether oxygens (including phenoxy) is 1. The Kier molecular flexibility index (Phi) is 3.19. The van der Waals surface area contributed by atoms with Gasteiger partial charge in [0.2, 0.25) is 0 Å². The molecule has 0 fully saturated rings. The molecular formula is C9H6ClFO3. The average molecular weight is 217 g/mol. The minimum absolute atomic E-state index is 0.0156. The molecule has 0 aromatic heterocycles. The number of Topliss-reactive ketones (excluding diaryl/α,β-unsaturated/α-hetero) is 1. The van der Waals surface area contributed by atoms with Gasteiger partial charge in [-0.1, -0.05) is 11.6 Å². The number of benzene rings is 1. The first-order valence-corrected chi connectivity index (χ1v) is 4.01. The normalized spacial score (nSPS) is 9.64. The van der Waals surface area contributed by atoms with E-state index in [2.05, 4.69) is 4.74 Å². The first-order valence-electron chi connectivity index (χ1n) is 3.64. The zero-order chi connectivity index (χ0) is 10.7. The predicted molar refractivity (Wildman–Crippen MR) is 47.8 cm³/mol. The molecule has 0 aliphatic rings. The van der Waals surface area contributed by atoms with Crippen LogP contribution in [-0.4, -0.2) is 18.9 Å². The van der Waals surface area contributed by atoms with Gasteiger partial charge in [-0.25, -0.2) is 9.18 Å². The van der Waals surface area contributed by atoms with Crippen LogP contribution < -0.4 is 0 Å². The van der Waals surface area contributed by atoms with E-state index in [0.717, 1.165) is 19.2 Å². The van der Waals surface area contributed by atoms with Crippen LogP contribution in [0.4, 0.5) is 4.39 Å². The number of hydrogen-bond donors (Lipinski definition) is 0. The van der Waals surface area contributed by atoms with Crippen molar-refractivity contribution in [3.8, 4) is 0 Å². The first-order chi connectivity index (χ1) is 6.56. The summed E-state index contributed by atoms with van der Waals surface area (Å²) in [5, 5.41) is 0.0156. The van der Waals surface area contributed by atoms with E-state index in [1.807, 2.05) is 0 Å². The Labute approximate surface area is 84.4 Å². The van der Waals surface area contributed by atoms with E-state index < -0.39 is 17.6 Å². The number of methoxy groups -OCH3 is 1. The van der Waals surface area contributed by atoms with E-state index in [4.69, 9.17) is 11.6 Å². The minimum Gasteiger partial charge on any atom is -0.463 e. The fourth-order valence-electron chi connectivity index (χ4n) is 0.874. The Bertz CT molecular complexity index is 390. The average Bonchev–Trinajstić information content (AvgIpc) is 2.19. The Morgan fingerprint density at radius 1 is 1.43 bits per heavy atom. The molecule has 1 aromatic rings. The fraction of sp³-hybridized carbons (Fsp3) is 0.111. The molecule has 74 valence electrons. The highest BCUT2D eigenvalue weighted by Gasteiger charge is 2.19. The number of hydrogen-bond acceptors (Lipinski definition) is 3. The van der Waals surface area contributed by atoms with Crippen molar-refractivity contribution in [3.63, 3.8) is 0 Å². The van der Waals surface area contributed by atoms with Crippen LogP contribution in [0.25, 0.3) is 0 Å². The Morgan fingerprint density at radius 2 is 2.07 bits per heavy atom. The third-order valence-electron chi connectivity index (χ3n) is 1.54. The predicted octanol–water partition coefficient (Wildman–Crippen LogP) is 1.83. The minimum atomic E-state index is -1.07. The molecule has 0 radical (unpaired) electrons. The SMILES string of the molecule is COC(=O)C(=O)c1cc(F)ccc1Cl. The van der Waals surface area contributed by atoms with Gasteiger partial charge in [-0.2, -0.15) is 0 Å². The lowest BCUT2D eigenvalue weighted by molar-refractivity contribution is -0.135. The Morgan fingerprint density at radius 3 is 2.64 bits per heavy atom. The molecule has 0 atom stereocenters. The van der Waals surface area contributed by atoms with Crippen LogP contribution >= 0.6 is 11.6 Å². The van der Waals surface area contributed by atoms with E-state index in [9.17, 15) is 14.0 Å². The van der Waals surface area contributed by atoms with E-state index in [-0.39, 0.29) is 10.6 Å². The van der Waals surface area contributed by atoms with Crippen molar-refractivity contribution in [3.05, 3.63) is 34.6 Å². The lowest BCUT2D eigenvalue weighted by Crippen LogP contribution is -2.16. The third-order valence-corrected chi connectivity index (χ3v) is 1.87. The van der Waals surface area contributed by atoms with Crippen molar-refractivity contribution in [1.29, 1.82) is 0 Å². The number of carbonyl (C=O) groups excluding carboxylic acids is 2. The zero-order valence-electron chi connectivity index (χ0n) is 7.21. The van der Waals surface area contributed by atoms with Crippen LogP contribution in [0.5, 0.6) is 0 Å². The van der Waals surface area contributed by atoms with Crippen molar-refractivity contribution < 1.29 is 18.7 Å². The second-order valence-electron chi connectivity index (χ2n) is 2.44. The maximum Gasteiger partial charge on any atom is 0.379 e. The fourth-order valence-corrected chi connectivity index (χ4v) is 1.08. The van der Waals surface area contributed by atoms with E-state index in [1.54, 1.807) is 0 Å². The maximum atomic E-state index is 12.7. The van der Waals surface area contributed by atoms with Crippen LogP contribution in [0.1, 0.15) is 10.4 Å². The highest BCUT2D eigenvalue weighted by molar-refractivity contribution is 6.45. The van der Waals surface area contributed by atoms with Gasteiger partial charge in [0.25, 0.3) is 5.78 Å². The smallest absolute Gasteiger partial charge is 0.379 e. The summed E-state index contributed by atoms with van der Waals surface area (Å²) < 4.78 is 16.9. The zero-order valence-corrected chi connectivity index (χ0v) is 7.97. The Hall–Kier alpha value is -1.42. The van der Waals surface area contributed by atoms with Gasteiger partial charge in [0.1, 0.15) is 5.82 Å². The molecule has 0 aliphatic carbocycles. The van der Waals surface area contributed by atoms with Crippen LogP contribution in [0.3, 0.4) is 0 Å². The van der Waals surface area contributed by atoms with Crippen molar-refractivity contribution in [2.24, 2.45) is 0 Å². The molecule has 1 aromatic carbocycles. The summed E-state index contributed by atoms with van der Waals surface area (Å²) in [6.07, 6.45) is 0. The second-order valence-corrected chi connectivity index (χ2v) is 2.85. The summed E-state index contributed by atoms with van der Waals surface area (Å²) in [6.45, 7) is 0. The van der Waals surface area contributed by atoms with Gasteiger partial charge in [0.05, 0.1) is 17.7 Å². The molecule has 0 unspecified atom stereocenters. The molecule has 3 nitrogen and oxygen atoms in total. The largest absolute Gasteiger partial charge is 0.463 e. The standard InChI is InChI=1S/C9H6ClFO3/c1-14-9(13)8(12)6-4-5(11)2-3-7(6)10/h2-4H,1H3. The monoisotopic (exact) mass is 216 g/mol.